The number of para-hydroxylation sites is 2. The summed E-state index contributed by atoms with van der Waals surface area (Å²) in [6, 6.07) is 7.81. The first kappa shape index (κ1) is 19.0. The van der Waals surface area contributed by atoms with Crippen LogP contribution in [0.2, 0.25) is 0 Å². The van der Waals surface area contributed by atoms with Crippen molar-refractivity contribution in [1.29, 1.82) is 0 Å². The van der Waals surface area contributed by atoms with Crippen molar-refractivity contribution in [2.75, 3.05) is 0 Å². The van der Waals surface area contributed by atoms with E-state index < -0.39 is 11.9 Å². The van der Waals surface area contributed by atoms with Crippen LogP contribution in [0.4, 0.5) is 13.2 Å². The highest BCUT2D eigenvalue weighted by Gasteiger charge is 2.49. The van der Waals surface area contributed by atoms with Crippen LogP contribution in [0.15, 0.2) is 36.7 Å². The minimum absolute atomic E-state index is 0.0476. The van der Waals surface area contributed by atoms with Crippen LogP contribution in [0.3, 0.4) is 0 Å². The molecule has 2 aliphatic rings. The second-order valence-corrected chi connectivity index (χ2v) is 8.08. The molecule has 9 heteroatoms. The molecule has 2 fully saturated rings. The Hall–Kier alpha value is -2.97. The molecule has 156 valence electrons. The molecule has 2 saturated heterocycles. The van der Waals surface area contributed by atoms with Crippen LogP contribution in [0.1, 0.15) is 41.3 Å². The quantitative estimate of drug-likeness (QED) is 0.656. The molecular weight excluding hydrogens is 395 g/mol. The normalized spacial score (nSPS) is 23.5. The van der Waals surface area contributed by atoms with Gasteiger partial charge < -0.3 is 9.47 Å². The lowest BCUT2D eigenvalue weighted by Crippen LogP contribution is -2.38. The number of amides is 1. The molecule has 4 heterocycles. The first-order valence-corrected chi connectivity index (χ1v) is 9.95. The molecule has 0 N–H and O–H groups in total. The first-order chi connectivity index (χ1) is 14.3. The van der Waals surface area contributed by atoms with E-state index in [2.05, 4.69) is 15.0 Å². The second-order valence-electron chi connectivity index (χ2n) is 8.08. The number of carbonyl (C=O) groups is 1. The number of alkyl halides is 3. The van der Waals surface area contributed by atoms with Crippen LogP contribution in [-0.2, 0) is 19.6 Å². The van der Waals surface area contributed by atoms with Crippen LogP contribution < -0.4 is 0 Å². The third-order valence-electron chi connectivity index (χ3n) is 6.35. The summed E-state index contributed by atoms with van der Waals surface area (Å²) in [5, 5.41) is 0. The average Bonchev–Trinajstić information content (AvgIpc) is 3.39. The van der Waals surface area contributed by atoms with Gasteiger partial charge in [0.15, 0.2) is 11.5 Å². The van der Waals surface area contributed by atoms with Crippen molar-refractivity contribution in [3.05, 3.63) is 53.9 Å². The van der Waals surface area contributed by atoms with Gasteiger partial charge in [0.1, 0.15) is 0 Å². The minimum Gasteiger partial charge on any atom is -0.330 e. The number of carbonyl (C=O) groups excluding carboxylic acids is 1. The Morgan fingerprint density at radius 2 is 1.97 bits per heavy atom. The highest BCUT2D eigenvalue weighted by molar-refractivity contribution is 5.95. The predicted molar refractivity (Wildman–Crippen MR) is 103 cm³/mol. The maximum atomic E-state index is 13.3. The summed E-state index contributed by atoms with van der Waals surface area (Å²) in [4.78, 5) is 27.3. The fourth-order valence-corrected chi connectivity index (χ4v) is 4.98. The van der Waals surface area contributed by atoms with Gasteiger partial charge in [-0.3, -0.25) is 9.78 Å². The molecule has 0 spiro atoms. The van der Waals surface area contributed by atoms with Gasteiger partial charge in [0.25, 0.3) is 5.91 Å². The van der Waals surface area contributed by atoms with E-state index in [4.69, 9.17) is 0 Å². The van der Waals surface area contributed by atoms with Gasteiger partial charge in [-0.2, -0.15) is 13.2 Å². The van der Waals surface area contributed by atoms with Crippen molar-refractivity contribution in [2.24, 2.45) is 13.0 Å². The van der Waals surface area contributed by atoms with Crippen LogP contribution >= 0.6 is 0 Å². The number of aromatic nitrogens is 4. The molecule has 3 aromatic rings. The molecule has 30 heavy (non-hydrogen) atoms. The number of benzene rings is 1. The number of rotatable bonds is 3. The van der Waals surface area contributed by atoms with Crippen molar-refractivity contribution in [2.45, 2.75) is 43.9 Å². The lowest BCUT2D eigenvalue weighted by Gasteiger charge is -2.24. The Bertz CT molecular complexity index is 1110. The summed E-state index contributed by atoms with van der Waals surface area (Å²) >= 11 is 0. The topological polar surface area (TPSA) is 63.9 Å². The van der Waals surface area contributed by atoms with Crippen molar-refractivity contribution in [1.82, 2.24) is 24.4 Å². The van der Waals surface area contributed by atoms with E-state index in [0.717, 1.165) is 36.5 Å². The van der Waals surface area contributed by atoms with Gasteiger partial charge in [-0.25, -0.2) is 9.97 Å². The van der Waals surface area contributed by atoms with Crippen molar-refractivity contribution in [3.8, 4) is 0 Å². The molecule has 1 aromatic carbocycles. The van der Waals surface area contributed by atoms with Crippen molar-refractivity contribution >= 4 is 16.9 Å². The second kappa shape index (κ2) is 6.78. The summed E-state index contributed by atoms with van der Waals surface area (Å²) in [6.07, 6.45) is 0.653. The number of fused-ring (bicyclic) bond motifs is 3. The van der Waals surface area contributed by atoms with E-state index in [1.807, 2.05) is 40.8 Å². The van der Waals surface area contributed by atoms with Gasteiger partial charge in [-0.1, -0.05) is 12.1 Å². The molecule has 2 bridgehead atoms. The number of nitrogens with zero attached hydrogens (tertiary/aromatic N) is 5. The maximum Gasteiger partial charge on any atom is 0.434 e. The molecule has 5 rings (SSSR count). The Labute approximate surface area is 170 Å². The van der Waals surface area contributed by atoms with Gasteiger partial charge in [0.2, 0.25) is 0 Å². The lowest BCUT2D eigenvalue weighted by atomic mass is 9.86. The molecule has 6 nitrogen and oxygen atoms in total. The van der Waals surface area contributed by atoms with Crippen LogP contribution in [0.25, 0.3) is 11.0 Å². The number of hydrogen-bond donors (Lipinski definition) is 0. The van der Waals surface area contributed by atoms with Crippen molar-refractivity contribution in [3.63, 3.8) is 0 Å². The zero-order valence-electron chi connectivity index (χ0n) is 16.3. The molecule has 2 aliphatic heterocycles. The minimum atomic E-state index is -4.49. The van der Waals surface area contributed by atoms with E-state index >= 15 is 0 Å². The SMILES string of the molecule is Cn1c(C(=O)N2C3CCC2C(Cc2cnc(C(F)(F)F)cn2)C3)nc2ccccc21. The predicted octanol–water partition coefficient (Wildman–Crippen LogP) is 3.62. The zero-order chi connectivity index (χ0) is 21.0. The van der Waals surface area contributed by atoms with Crippen molar-refractivity contribution < 1.29 is 18.0 Å². The van der Waals surface area contributed by atoms with Crippen LogP contribution in [0, 0.1) is 5.92 Å². The summed E-state index contributed by atoms with van der Waals surface area (Å²) in [5.74, 6) is 0.499. The van der Waals surface area contributed by atoms with Gasteiger partial charge in [-0.15, -0.1) is 0 Å². The van der Waals surface area contributed by atoms with Gasteiger partial charge in [0, 0.05) is 25.3 Å². The molecule has 0 aliphatic carbocycles. The standard InChI is InChI=1S/C21H20F3N5O/c1-28-17-5-3-2-4-15(17)27-19(28)20(30)29-14-6-7-16(29)12(9-14)8-13-10-26-18(11-25-13)21(22,23)24/h2-5,10-12,14,16H,6-9H2,1H3. The van der Waals surface area contributed by atoms with Gasteiger partial charge in [0.05, 0.1) is 22.9 Å². The molecule has 1 amide bonds. The van der Waals surface area contributed by atoms with E-state index in [1.165, 1.54) is 6.20 Å². The van der Waals surface area contributed by atoms with E-state index in [0.29, 0.717) is 17.9 Å². The summed E-state index contributed by atoms with van der Waals surface area (Å²) in [6.45, 7) is 0. The number of aryl methyl sites for hydroxylation is 1. The highest BCUT2D eigenvalue weighted by Crippen LogP contribution is 2.43. The Kier molecular flexibility index (Phi) is 4.30. The molecule has 0 saturated carbocycles. The largest absolute Gasteiger partial charge is 0.434 e. The Morgan fingerprint density at radius 3 is 2.67 bits per heavy atom. The van der Waals surface area contributed by atoms with E-state index in [1.54, 1.807) is 0 Å². The smallest absolute Gasteiger partial charge is 0.330 e. The zero-order valence-corrected chi connectivity index (χ0v) is 16.3. The average molecular weight is 415 g/mol. The molecule has 2 aromatic heterocycles. The Balaban J connectivity index is 1.36. The van der Waals surface area contributed by atoms with Gasteiger partial charge >= 0.3 is 6.18 Å². The molecule has 3 unspecified atom stereocenters. The molecule has 3 atom stereocenters. The Morgan fingerprint density at radius 1 is 1.17 bits per heavy atom. The van der Waals surface area contributed by atoms with Crippen LogP contribution in [-0.4, -0.2) is 42.4 Å². The van der Waals surface area contributed by atoms with Gasteiger partial charge in [-0.05, 0) is 43.7 Å². The summed E-state index contributed by atoms with van der Waals surface area (Å²) < 4.78 is 39.9. The molecule has 0 radical (unpaired) electrons. The monoisotopic (exact) mass is 415 g/mol. The highest BCUT2D eigenvalue weighted by atomic mass is 19.4. The van der Waals surface area contributed by atoms with E-state index in [9.17, 15) is 18.0 Å². The number of imidazole rings is 1. The first-order valence-electron chi connectivity index (χ1n) is 9.95. The van der Waals surface area contributed by atoms with Crippen LogP contribution in [0.5, 0.6) is 0 Å². The number of hydrogen-bond acceptors (Lipinski definition) is 4. The maximum absolute atomic E-state index is 13.3. The molecular formula is C21H20F3N5O. The third-order valence-corrected chi connectivity index (χ3v) is 6.35. The summed E-state index contributed by atoms with van der Waals surface area (Å²) in [5.41, 5.74) is 1.23. The van der Waals surface area contributed by atoms with E-state index in [-0.39, 0.29) is 23.9 Å². The lowest BCUT2D eigenvalue weighted by molar-refractivity contribution is -0.141. The number of halogens is 3. The summed E-state index contributed by atoms with van der Waals surface area (Å²) in [7, 11) is 1.84. The third kappa shape index (κ3) is 3.03. The fourth-order valence-electron chi connectivity index (χ4n) is 4.98. The fraction of sp³-hybridized carbons (Fsp3) is 0.429.